The van der Waals surface area contributed by atoms with Gasteiger partial charge < -0.3 is 4.74 Å². The lowest BCUT2D eigenvalue weighted by Gasteiger charge is -2.32. The van der Waals surface area contributed by atoms with Crippen molar-refractivity contribution in [3.05, 3.63) is 0 Å². The van der Waals surface area contributed by atoms with Crippen molar-refractivity contribution in [2.75, 3.05) is 12.4 Å². The van der Waals surface area contributed by atoms with E-state index in [2.05, 4.69) is 33.0 Å². The van der Waals surface area contributed by atoms with Gasteiger partial charge in [0.25, 0.3) is 0 Å². The Labute approximate surface area is 123 Å². The van der Waals surface area contributed by atoms with Crippen molar-refractivity contribution in [1.82, 2.24) is 5.32 Å². The first-order valence-corrected chi connectivity index (χ1v) is 8.47. The van der Waals surface area contributed by atoms with Crippen LogP contribution in [0.4, 0.5) is 0 Å². The molecule has 0 aliphatic heterocycles. The van der Waals surface area contributed by atoms with Crippen LogP contribution < -0.4 is 5.32 Å². The smallest absolute Gasteiger partial charge is 0.326 e. The molecule has 114 valence electrons. The van der Waals surface area contributed by atoms with Gasteiger partial charge in [-0.25, -0.2) is 0 Å². The molecule has 0 aliphatic carbocycles. The van der Waals surface area contributed by atoms with Crippen LogP contribution >= 0.6 is 11.8 Å². The molecule has 2 atom stereocenters. The maximum Gasteiger partial charge on any atom is 0.326 e. The fraction of sp³-hybridized carbons (Fsp3) is 0.933. The largest absolute Gasteiger partial charge is 0.465 e. The van der Waals surface area contributed by atoms with Gasteiger partial charge in [-0.2, -0.15) is 11.8 Å². The van der Waals surface area contributed by atoms with Gasteiger partial charge in [-0.1, -0.05) is 20.3 Å². The fourth-order valence-electron chi connectivity index (χ4n) is 2.19. The molecule has 2 unspecified atom stereocenters. The Hall–Kier alpha value is -0.220. The molecule has 4 heteroatoms. The Morgan fingerprint density at radius 1 is 1.32 bits per heavy atom. The third-order valence-corrected chi connectivity index (χ3v) is 4.19. The van der Waals surface area contributed by atoms with Gasteiger partial charge in [-0.05, 0) is 46.3 Å². The van der Waals surface area contributed by atoms with Gasteiger partial charge in [0, 0.05) is 11.3 Å². The average molecular weight is 289 g/mol. The van der Waals surface area contributed by atoms with E-state index in [9.17, 15) is 4.79 Å². The lowest BCUT2D eigenvalue weighted by Crippen LogP contribution is -2.54. The van der Waals surface area contributed by atoms with Crippen LogP contribution in [0.3, 0.4) is 0 Å². The van der Waals surface area contributed by atoms with Crippen LogP contribution in [-0.4, -0.2) is 35.2 Å². The minimum absolute atomic E-state index is 0.133. The molecule has 0 rings (SSSR count). The van der Waals surface area contributed by atoms with Gasteiger partial charge in [-0.15, -0.1) is 0 Å². The summed E-state index contributed by atoms with van der Waals surface area (Å²) >= 11 is 1.94. The number of hydrogen-bond donors (Lipinski definition) is 1. The highest BCUT2D eigenvalue weighted by molar-refractivity contribution is 7.99. The van der Waals surface area contributed by atoms with E-state index in [1.807, 2.05) is 25.6 Å². The third kappa shape index (κ3) is 7.83. The van der Waals surface area contributed by atoms with Crippen LogP contribution in [0.1, 0.15) is 60.8 Å². The summed E-state index contributed by atoms with van der Waals surface area (Å²) in [5.74, 6) is 1.03. The van der Waals surface area contributed by atoms with Crippen LogP contribution in [0.5, 0.6) is 0 Å². The molecule has 0 saturated carbocycles. The van der Waals surface area contributed by atoms with Crippen LogP contribution in [0.25, 0.3) is 0 Å². The van der Waals surface area contributed by atoms with Crippen molar-refractivity contribution in [3.63, 3.8) is 0 Å². The molecule has 0 aromatic carbocycles. The summed E-state index contributed by atoms with van der Waals surface area (Å²) < 4.78 is 5.22. The Bertz CT molecular complexity index is 259. The number of unbranched alkanes of at least 4 members (excludes halogenated alkanes) is 1. The second-order valence-electron chi connectivity index (χ2n) is 5.59. The number of rotatable bonds is 10. The molecular weight excluding hydrogens is 258 g/mol. The minimum atomic E-state index is -0.581. The Balaban J connectivity index is 4.52. The second kappa shape index (κ2) is 9.65. The lowest BCUT2D eigenvalue weighted by atomic mass is 9.95. The number of esters is 1. The van der Waals surface area contributed by atoms with Crippen LogP contribution in [0.2, 0.25) is 0 Å². The molecule has 19 heavy (non-hydrogen) atoms. The number of hydrogen-bond acceptors (Lipinski definition) is 4. The highest BCUT2D eigenvalue weighted by Crippen LogP contribution is 2.24. The molecule has 0 radical (unpaired) electrons. The Morgan fingerprint density at radius 2 is 1.95 bits per heavy atom. The highest BCUT2D eigenvalue weighted by Gasteiger charge is 2.36. The lowest BCUT2D eigenvalue weighted by molar-refractivity contribution is -0.151. The zero-order chi connectivity index (χ0) is 14.9. The summed E-state index contributed by atoms with van der Waals surface area (Å²) in [6.45, 7) is 12.8. The Kier molecular flexibility index (Phi) is 9.54. The zero-order valence-corrected chi connectivity index (χ0v) is 14.2. The SMILES string of the molecule is CCCCSC(C)CC(C)(NC(C)C)C(=O)OCC. The number of carbonyl (C=O) groups excluding carboxylic acids is 1. The van der Waals surface area contributed by atoms with Gasteiger partial charge in [0.1, 0.15) is 5.54 Å². The zero-order valence-electron chi connectivity index (χ0n) is 13.4. The first kappa shape index (κ1) is 18.8. The third-order valence-electron chi connectivity index (χ3n) is 2.93. The van der Waals surface area contributed by atoms with E-state index in [-0.39, 0.29) is 12.0 Å². The molecule has 0 aromatic rings. The monoisotopic (exact) mass is 289 g/mol. The van der Waals surface area contributed by atoms with Crippen molar-refractivity contribution in [2.45, 2.75) is 77.6 Å². The predicted octanol–water partition coefficient (Wildman–Crippen LogP) is 3.62. The first-order valence-electron chi connectivity index (χ1n) is 7.42. The molecule has 0 saturated heterocycles. The Morgan fingerprint density at radius 3 is 2.42 bits per heavy atom. The summed E-state index contributed by atoms with van der Waals surface area (Å²) in [6.07, 6.45) is 3.26. The van der Waals surface area contributed by atoms with Gasteiger partial charge in [-0.3, -0.25) is 10.1 Å². The maximum absolute atomic E-state index is 12.2. The van der Waals surface area contributed by atoms with E-state index in [0.29, 0.717) is 11.9 Å². The first-order chi connectivity index (χ1) is 8.85. The van der Waals surface area contributed by atoms with Gasteiger partial charge in [0.05, 0.1) is 6.61 Å². The van der Waals surface area contributed by atoms with Crippen LogP contribution in [0, 0.1) is 0 Å². The van der Waals surface area contributed by atoms with Gasteiger partial charge in [0.15, 0.2) is 0 Å². The number of carbonyl (C=O) groups is 1. The minimum Gasteiger partial charge on any atom is -0.465 e. The molecule has 0 fully saturated rings. The number of nitrogens with one attached hydrogen (secondary N) is 1. The molecule has 0 aromatic heterocycles. The predicted molar refractivity (Wildman–Crippen MR) is 84.8 cm³/mol. The highest BCUT2D eigenvalue weighted by atomic mass is 32.2. The van der Waals surface area contributed by atoms with Gasteiger partial charge in [0.2, 0.25) is 0 Å². The van der Waals surface area contributed by atoms with E-state index < -0.39 is 5.54 Å². The standard InChI is InChI=1S/C15H31NO2S/c1-7-9-10-19-13(5)11-15(6,16-12(3)4)14(17)18-8-2/h12-13,16H,7-11H2,1-6H3. The van der Waals surface area contributed by atoms with Crippen molar-refractivity contribution in [2.24, 2.45) is 0 Å². The molecular formula is C15H31NO2S. The van der Waals surface area contributed by atoms with E-state index >= 15 is 0 Å². The summed E-state index contributed by atoms with van der Waals surface area (Å²) in [5.41, 5.74) is -0.581. The van der Waals surface area contributed by atoms with Crippen molar-refractivity contribution < 1.29 is 9.53 Å². The van der Waals surface area contributed by atoms with E-state index in [1.54, 1.807) is 0 Å². The summed E-state index contributed by atoms with van der Waals surface area (Å²) in [6, 6.07) is 0.266. The second-order valence-corrected chi connectivity index (χ2v) is 7.14. The molecule has 0 aliphatic rings. The van der Waals surface area contributed by atoms with E-state index in [4.69, 9.17) is 4.74 Å². The average Bonchev–Trinajstić information content (AvgIpc) is 2.28. The summed E-state index contributed by atoms with van der Waals surface area (Å²) in [7, 11) is 0. The molecule has 0 amide bonds. The van der Waals surface area contributed by atoms with Crippen molar-refractivity contribution in [1.29, 1.82) is 0 Å². The number of thioether (sulfide) groups is 1. The topological polar surface area (TPSA) is 38.3 Å². The summed E-state index contributed by atoms with van der Waals surface area (Å²) in [4.78, 5) is 12.2. The molecule has 3 nitrogen and oxygen atoms in total. The number of ether oxygens (including phenoxy) is 1. The quantitative estimate of drug-likeness (QED) is 0.492. The van der Waals surface area contributed by atoms with Crippen molar-refractivity contribution in [3.8, 4) is 0 Å². The molecule has 0 spiro atoms. The molecule has 0 heterocycles. The van der Waals surface area contributed by atoms with E-state index in [0.717, 1.165) is 12.2 Å². The molecule has 0 bridgehead atoms. The van der Waals surface area contributed by atoms with Crippen LogP contribution in [-0.2, 0) is 9.53 Å². The fourth-order valence-corrected chi connectivity index (χ4v) is 3.50. The molecule has 1 N–H and O–H groups in total. The van der Waals surface area contributed by atoms with Gasteiger partial charge >= 0.3 is 5.97 Å². The normalized spacial score (nSPS) is 16.2. The van der Waals surface area contributed by atoms with E-state index in [1.165, 1.54) is 12.8 Å². The van der Waals surface area contributed by atoms with Crippen LogP contribution in [0.15, 0.2) is 0 Å². The maximum atomic E-state index is 12.2. The van der Waals surface area contributed by atoms with Crippen molar-refractivity contribution >= 4 is 17.7 Å². The summed E-state index contributed by atoms with van der Waals surface area (Å²) in [5, 5.41) is 3.83.